The Labute approximate surface area is 193 Å². The minimum Gasteiger partial charge on any atom is -0.506 e. The molecule has 170 valence electrons. The average molecular weight is 444 g/mol. The zero-order valence-corrected chi connectivity index (χ0v) is 18.8. The van der Waals surface area contributed by atoms with E-state index in [4.69, 9.17) is 5.73 Å². The molecule has 1 amide bonds. The SMILES string of the molecule is Cc1nc(C(=O)N2CCC(c3cc(N)c(-c4ccccc4C4CC4)cc3CO)C2)ccc1O. The predicted octanol–water partition coefficient (Wildman–Crippen LogP) is 4.34. The van der Waals surface area contributed by atoms with Gasteiger partial charge in [0.25, 0.3) is 5.91 Å². The molecule has 6 nitrogen and oxygen atoms in total. The van der Waals surface area contributed by atoms with Crippen molar-refractivity contribution in [2.45, 2.75) is 44.6 Å². The number of carbonyl (C=O) groups excluding carboxylic acids is 1. The first kappa shape index (κ1) is 21.5. The van der Waals surface area contributed by atoms with Gasteiger partial charge in [-0.3, -0.25) is 4.79 Å². The van der Waals surface area contributed by atoms with Crippen LogP contribution in [0, 0.1) is 6.92 Å². The summed E-state index contributed by atoms with van der Waals surface area (Å²) in [4.78, 5) is 19.0. The van der Waals surface area contributed by atoms with E-state index in [-0.39, 0.29) is 24.2 Å². The smallest absolute Gasteiger partial charge is 0.272 e. The summed E-state index contributed by atoms with van der Waals surface area (Å²) in [6.07, 6.45) is 3.22. The molecule has 1 saturated carbocycles. The quantitative estimate of drug-likeness (QED) is 0.509. The van der Waals surface area contributed by atoms with E-state index < -0.39 is 0 Å². The van der Waals surface area contributed by atoms with E-state index in [1.54, 1.807) is 17.9 Å². The van der Waals surface area contributed by atoms with Crippen molar-refractivity contribution in [3.8, 4) is 16.9 Å². The molecule has 3 aromatic rings. The number of hydrogen-bond donors (Lipinski definition) is 3. The second-order valence-corrected chi connectivity index (χ2v) is 9.20. The minimum atomic E-state index is -0.144. The van der Waals surface area contributed by atoms with Crippen LogP contribution >= 0.6 is 0 Å². The lowest BCUT2D eigenvalue weighted by Crippen LogP contribution is -2.29. The number of benzene rings is 2. The van der Waals surface area contributed by atoms with Crippen molar-refractivity contribution in [1.29, 1.82) is 0 Å². The van der Waals surface area contributed by atoms with Crippen LogP contribution in [0.4, 0.5) is 5.69 Å². The lowest BCUT2D eigenvalue weighted by Gasteiger charge is -2.20. The van der Waals surface area contributed by atoms with Gasteiger partial charge in [0, 0.05) is 30.3 Å². The highest BCUT2D eigenvalue weighted by Gasteiger charge is 2.31. The van der Waals surface area contributed by atoms with Crippen molar-refractivity contribution in [2.75, 3.05) is 18.8 Å². The summed E-state index contributed by atoms with van der Waals surface area (Å²) in [7, 11) is 0. The van der Waals surface area contributed by atoms with Crippen molar-refractivity contribution in [1.82, 2.24) is 9.88 Å². The lowest BCUT2D eigenvalue weighted by atomic mass is 9.88. The molecule has 33 heavy (non-hydrogen) atoms. The van der Waals surface area contributed by atoms with Crippen LogP contribution in [0.5, 0.6) is 5.75 Å². The molecule has 1 unspecified atom stereocenters. The van der Waals surface area contributed by atoms with E-state index in [1.807, 2.05) is 18.2 Å². The Morgan fingerprint density at radius 3 is 2.58 bits per heavy atom. The third kappa shape index (κ3) is 4.07. The topological polar surface area (TPSA) is 99.7 Å². The molecule has 1 aromatic heterocycles. The molecule has 2 aliphatic rings. The second-order valence-electron chi connectivity index (χ2n) is 9.20. The minimum absolute atomic E-state index is 0.0721. The number of carbonyl (C=O) groups is 1. The Hall–Kier alpha value is -3.38. The number of aliphatic hydroxyl groups is 1. The summed E-state index contributed by atoms with van der Waals surface area (Å²) in [5.74, 6) is 0.639. The molecule has 4 N–H and O–H groups in total. The highest BCUT2D eigenvalue weighted by molar-refractivity contribution is 5.92. The number of aryl methyl sites for hydroxylation is 1. The molecular weight excluding hydrogens is 414 g/mol. The van der Waals surface area contributed by atoms with E-state index >= 15 is 0 Å². The van der Waals surface area contributed by atoms with Crippen LogP contribution < -0.4 is 5.73 Å². The van der Waals surface area contributed by atoms with Crippen molar-refractivity contribution in [3.05, 3.63) is 76.6 Å². The maximum absolute atomic E-state index is 13.0. The van der Waals surface area contributed by atoms with E-state index in [0.717, 1.165) is 28.7 Å². The molecule has 2 aromatic carbocycles. The Morgan fingerprint density at radius 1 is 1.06 bits per heavy atom. The number of likely N-dealkylation sites (tertiary alicyclic amines) is 1. The maximum atomic E-state index is 13.0. The summed E-state index contributed by atoms with van der Waals surface area (Å²) >= 11 is 0. The van der Waals surface area contributed by atoms with E-state index in [0.29, 0.717) is 36.1 Å². The van der Waals surface area contributed by atoms with Gasteiger partial charge in [0.15, 0.2) is 0 Å². The van der Waals surface area contributed by atoms with Gasteiger partial charge in [-0.05, 0) is 78.6 Å². The number of aromatic hydroxyl groups is 1. The van der Waals surface area contributed by atoms with Gasteiger partial charge in [0.05, 0.1) is 12.3 Å². The van der Waals surface area contributed by atoms with Gasteiger partial charge in [-0.2, -0.15) is 0 Å². The molecule has 6 heteroatoms. The maximum Gasteiger partial charge on any atom is 0.272 e. The molecule has 5 rings (SSSR count). The zero-order chi connectivity index (χ0) is 23.1. The molecule has 0 bridgehead atoms. The Kier molecular flexibility index (Phi) is 5.54. The number of aliphatic hydroxyl groups excluding tert-OH is 1. The Balaban J connectivity index is 1.41. The first-order valence-corrected chi connectivity index (χ1v) is 11.5. The molecular formula is C27H29N3O3. The van der Waals surface area contributed by atoms with Gasteiger partial charge in [-0.25, -0.2) is 4.98 Å². The van der Waals surface area contributed by atoms with Crippen LogP contribution in [0.15, 0.2) is 48.5 Å². The first-order chi connectivity index (χ1) is 16.0. The van der Waals surface area contributed by atoms with Crippen molar-refractivity contribution in [2.24, 2.45) is 0 Å². The summed E-state index contributed by atoms with van der Waals surface area (Å²) < 4.78 is 0. The number of anilines is 1. The van der Waals surface area contributed by atoms with Crippen LogP contribution in [-0.2, 0) is 6.61 Å². The fraction of sp³-hybridized carbons (Fsp3) is 0.333. The molecule has 0 radical (unpaired) electrons. The molecule has 1 atom stereocenters. The number of nitrogens with zero attached hydrogens (tertiary/aromatic N) is 2. The number of hydrogen-bond acceptors (Lipinski definition) is 5. The monoisotopic (exact) mass is 443 g/mol. The number of nitrogens with two attached hydrogens (primary N) is 1. The van der Waals surface area contributed by atoms with Crippen LogP contribution in [0.1, 0.15) is 64.0 Å². The lowest BCUT2D eigenvalue weighted by molar-refractivity contribution is 0.0784. The number of aromatic nitrogens is 1. The fourth-order valence-electron chi connectivity index (χ4n) is 4.96. The third-order valence-corrected chi connectivity index (χ3v) is 6.94. The zero-order valence-electron chi connectivity index (χ0n) is 18.8. The van der Waals surface area contributed by atoms with Gasteiger partial charge in [-0.1, -0.05) is 24.3 Å². The third-order valence-electron chi connectivity index (χ3n) is 6.94. The number of amides is 1. The van der Waals surface area contributed by atoms with E-state index in [2.05, 4.69) is 23.2 Å². The van der Waals surface area contributed by atoms with Gasteiger partial charge in [-0.15, -0.1) is 0 Å². The van der Waals surface area contributed by atoms with Gasteiger partial charge in [0.1, 0.15) is 11.4 Å². The first-order valence-electron chi connectivity index (χ1n) is 11.5. The molecule has 2 fully saturated rings. The molecule has 1 aliphatic heterocycles. The molecule has 0 spiro atoms. The van der Waals surface area contributed by atoms with E-state index in [1.165, 1.54) is 24.5 Å². The summed E-state index contributed by atoms with van der Waals surface area (Å²) in [6, 6.07) is 15.5. The summed E-state index contributed by atoms with van der Waals surface area (Å²) in [6.45, 7) is 2.77. The van der Waals surface area contributed by atoms with Crippen LogP contribution in [0.2, 0.25) is 0 Å². The largest absolute Gasteiger partial charge is 0.506 e. The second kappa shape index (κ2) is 8.52. The van der Waals surface area contributed by atoms with Gasteiger partial charge < -0.3 is 20.8 Å². The molecule has 1 saturated heterocycles. The van der Waals surface area contributed by atoms with Crippen molar-refractivity contribution in [3.63, 3.8) is 0 Å². The number of nitrogen functional groups attached to an aromatic ring is 1. The Bertz CT molecular complexity index is 1220. The number of rotatable bonds is 5. The highest BCUT2D eigenvalue weighted by atomic mass is 16.3. The Morgan fingerprint density at radius 2 is 1.85 bits per heavy atom. The van der Waals surface area contributed by atoms with E-state index in [9.17, 15) is 15.0 Å². The van der Waals surface area contributed by atoms with Crippen LogP contribution in [0.3, 0.4) is 0 Å². The van der Waals surface area contributed by atoms with Gasteiger partial charge in [0.2, 0.25) is 0 Å². The van der Waals surface area contributed by atoms with Crippen LogP contribution in [0.25, 0.3) is 11.1 Å². The standard InChI is InChI=1S/C27H29N3O3/c1-16-26(32)9-8-25(29-16)27(33)30-11-10-18(14-30)22-13-24(28)23(12-19(22)15-31)21-5-3-2-4-20(21)17-6-7-17/h2-5,8-9,12-13,17-18,31-32H,6-7,10-11,14-15,28H2,1H3. The van der Waals surface area contributed by atoms with Crippen molar-refractivity contribution < 1.29 is 15.0 Å². The molecule has 2 heterocycles. The predicted molar refractivity (Wildman–Crippen MR) is 128 cm³/mol. The number of pyridine rings is 1. The van der Waals surface area contributed by atoms with Crippen molar-refractivity contribution >= 4 is 11.6 Å². The van der Waals surface area contributed by atoms with Crippen LogP contribution in [-0.4, -0.2) is 39.1 Å². The van der Waals surface area contributed by atoms with Gasteiger partial charge >= 0.3 is 0 Å². The fourth-order valence-corrected chi connectivity index (χ4v) is 4.96. The summed E-state index contributed by atoms with van der Waals surface area (Å²) in [5, 5.41) is 19.9. The normalized spacial score (nSPS) is 18.0. The summed E-state index contributed by atoms with van der Waals surface area (Å²) in [5.41, 5.74) is 13.4. The molecule has 1 aliphatic carbocycles. The average Bonchev–Trinajstić information content (AvgIpc) is 3.56. The highest BCUT2D eigenvalue weighted by Crippen LogP contribution is 2.46.